The first kappa shape index (κ1) is 28.0. The van der Waals surface area contributed by atoms with Gasteiger partial charge in [0.1, 0.15) is 22.8 Å². The lowest BCUT2D eigenvalue weighted by Gasteiger charge is -2.20. The number of phenolic OH excluding ortho intramolecular Hbond substituents is 1. The van der Waals surface area contributed by atoms with Gasteiger partial charge in [0.25, 0.3) is 11.8 Å². The van der Waals surface area contributed by atoms with Gasteiger partial charge in [0.05, 0.1) is 17.5 Å². The molecule has 5 aromatic rings. The van der Waals surface area contributed by atoms with Crippen molar-refractivity contribution in [1.29, 1.82) is 0 Å². The Hall–Kier alpha value is -4.56. The highest BCUT2D eigenvalue weighted by molar-refractivity contribution is 6.15. The lowest BCUT2D eigenvalue weighted by atomic mass is 9.97. The molecule has 0 bridgehead atoms. The smallest absolute Gasteiger partial charge is 0.278 e. The Labute approximate surface area is 243 Å². The van der Waals surface area contributed by atoms with E-state index in [-0.39, 0.29) is 23.7 Å². The van der Waals surface area contributed by atoms with Crippen LogP contribution < -0.4 is 15.0 Å². The summed E-state index contributed by atoms with van der Waals surface area (Å²) in [5.41, 5.74) is 5.06. The molecule has 2 aromatic heterocycles. The number of aromatic nitrogens is 2. The third-order valence-corrected chi connectivity index (χ3v) is 6.96. The maximum absolute atomic E-state index is 13.7. The quantitative estimate of drug-likeness (QED) is 0.232. The van der Waals surface area contributed by atoms with E-state index in [1.54, 1.807) is 46.0 Å². The zero-order valence-electron chi connectivity index (χ0n) is 23.3. The summed E-state index contributed by atoms with van der Waals surface area (Å²) in [6.07, 6.45) is 5.63. The SMILES string of the molecule is CCl.Cc1cccc2c(OC(C)C)cc3c(c12)CCN3C(=O)c1cn2cc(NC(=O)c3ccc(O)cc3)ccc2n1. The number of carbonyl (C=O) groups is 2. The number of benzene rings is 3. The summed E-state index contributed by atoms with van der Waals surface area (Å²) in [5.74, 6) is 0.374. The van der Waals surface area contributed by atoms with E-state index in [0.29, 0.717) is 29.1 Å². The second-order valence-electron chi connectivity index (χ2n) is 10.1. The number of aromatic hydroxyl groups is 1. The summed E-state index contributed by atoms with van der Waals surface area (Å²) in [6.45, 7) is 6.64. The van der Waals surface area contributed by atoms with Crippen LogP contribution in [-0.2, 0) is 6.42 Å². The van der Waals surface area contributed by atoms with Crippen LogP contribution in [0.1, 0.15) is 45.8 Å². The normalized spacial score (nSPS) is 12.3. The summed E-state index contributed by atoms with van der Waals surface area (Å²) in [5, 5.41) is 14.5. The molecule has 9 heteroatoms. The first-order valence-corrected chi connectivity index (χ1v) is 14.0. The molecule has 8 nitrogen and oxygen atoms in total. The van der Waals surface area contributed by atoms with Crippen LogP contribution in [0.15, 0.2) is 73.1 Å². The van der Waals surface area contributed by atoms with E-state index < -0.39 is 0 Å². The number of carbonyl (C=O) groups excluding carboxylic acids is 2. The topological polar surface area (TPSA) is 96.2 Å². The predicted molar refractivity (Wildman–Crippen MR) is 163 cm³/mol. The van der Waals surface area contributed by atoms with Crippen LogP contribution in [0, 0.1) is 6.92 Å². The van der Waals surface area contributed by atoms with Crippen LogP contribution in [0.5, 0.6) is 11.5 Å². The molecule has 3 heterocycles. The van der Waals surface area contributed by atoms with Gasteiger partial charge in [-0.25, -0.2) is 4.98 Å². The molecule has 0 radical (unpaired) electrons. The molecule has 1 aliphatic rings. The van der Waals surface area contributed by atoms with Crippen molar-refractivity contribution in [2.45, 2.75) is 33.3 Å². The van der Waals surface area contributed by atoms with Gasteiger partial charge < -0.3 is 24.5 Å². The molecule has 3 aromatic carbocycles. The summed E-state index contributed by atoms with van der Waals surface area (Å²) in [7, 11) is 0. The number of aryl methyl sites for hydroxylation is 1. The van der Waals surface area contributed by atoms with E-state index in [2.05, 4.69) is 41.0 Å². The monoisotopic (exact) mass is 570 g/mol. The first-order valence-electron chi connectivity index (χ1n) is 13.3. The van der Waals surface area contributed by atoms with Crippen molar-refractivity contribution in [3.8, 4) is 11.5 Å². The Morgan fingerprint density at radius 3 is 2.54 bits per heavy atom. The van der Waals surface area contributed by atoms with E-state index in [0.717, 1.165) is 39.8 Å². The number of nitrogens with zero attached hydrogens (tertiary/aromatic N) is 3. The van der Waals surface area contributed by atoms with Gasteiger partial charge in [-0.05, 0) is 80.1 Å². The fourth-order valence-corrected chi connectivity index (χ4v) is 5.21. The number of fused-ring (bicyclic) bond motifs is 4. The Kier molecular flexibility index (Phi) is 7.85. The summed E-state index contributed by atoms with van der Waals surface area (Å²) < 4.78 is 7.90. The molecule has 0 saturated carbocycles. The number of amides is 2. The molecular formula is C32H31ClN4O4. The number of pyridine rings is 1. The van der Waals surface area contributed by atoms with Crippen molar-refractivity contribution >= 4 is 51.2 Å². The van der Waals surface area contributed by atoms with Gasteiger partial charge in [0.2, 0.25) is 0 Å². The summed E-state index contributed by atoms with van der Waals surface area (Å²) >= 11 is 4.64. The van der Waals surface area contributed by atoms with E-state index in [1.165, 1.54) is 18.5 Å². The minimum atomic E-state index is -0.304. The van der Waals surface area contributed by atoms with Crippen LogP contribution in [0.4, 0.5) is 11.4 Å². The molecule has 210 valence electrons. The fourth-order valence-electron chi connectivity index (χ4n) is 5.21. The van der Waals surface area contributed by atoms with E-state index in [4.69, 9.17) is 4.74 Å². The van der Waals surface area contributed by atoms with Crippen molar-refractivity contribution in [1.82, 2.24) is 9.38 Å². The van der Waals surface area contributed by atoms with Gasteiger partial charge in [-0.1, -0.05) is 18.2 Å². The molecule has 0 aliphatic carbocycles. The van der Waals surface area contributed by atoms with Gasteiger partial charge in [0.15, 0.2) is 0 Å². The molecule has 2 amide bonds. The number of hydrogen-bond acceptors (Lipinski definition) is 5. The zero-order valence-corrected chi connectivity index (χ0v) is 24.1. The molecule has 2 N–H and O–H groups in total. The van der Waals surface area contributed by atoms with Crippen molar-refractivity contribution < 1.29 is 19.4 Å². The Morgan fingerprint density at radius 2 is 1.80 bits per heavy atom. The van der Waals surface area contributed by atoms with Crippen molar-refractivity contribution in [2.75, 3.05) is 23.1 Å². The van der Waals surface area contributed by atoms with Crippen LogP contribution in [0.25, 0.3) is 16.4 Å². The molecular weight excluding hydrogens is 540 g/mol. The van der Waals surface area contributed by atoms with E-state index in [1.807, 2.05) is 26.0 Å². The number of ether oxygens (including phenoxy) is 1. The molecule has 0 saturated heterocycles. The Morgan fingerprint density at radius 1 is 1.05 bits per heavy atom. The average Bonchev–Trinajstić information content (AvgIpc) is 3.58. The molecule has 0 spiro atoms. The van der Waals surface area contributed by atoms with Crippen molar-refractivity contribution in [3.05, 3.63) is 95.4 Å². The number of rotatable bonds is 5. The Balaban J connectivity index is 0.00000165. The highest BCUT2D eigenvalue weighted by atomic mass is 35.5. The van der Waals surface area contributed by atoms with Gasteiger partial charge >= 0.3 is 0 Å². The maximum atomic E-state index is 13.7. The number of anilines is 2. The summed E-state index contributed by atoms with van der Waals surface area (Å²) in [4.78, 5) is 32.7. The second-order valence-corrected chi connectivity index (χ2v) is 10.1. The van der Waals surface area contributed by atoms with Crippen LogP contribution in [0.2, 0.25) is 0 Å². The van der Waals surface area contributed by atoms with Crippen LogP contribution in [-0.4, -0.2) is 45.3 Å². The number of hydrogen-bond donors (Lipinski definition) is 2. The van der Waals surface area contributed by atoms with Crippen molar-refractivity contribution in [2.24, 2.45) is 0 Å². The largest absolute Gasteiger partial charge is 0.508 e. The number of phenols is 1. The highest BCUT2D eigenvalue weighted by Gasteiger charge is 2.30. The lowest BCUT2D eigenvalue weighted by molar-refractivity contribution is 0.0983. The summed E-state index contributed by atoms with van der Waals surface area (Å²) in [6, 6.07) is 17.7. The molecule has 0 unspecified atom stereocenters. The molecule has 1 aliphatic heterocycles. The van der Waals surface area contributed by atoms with Crippen LogP contribution >= 0.6 is 11.6 Å². The standard InChI is InChI=1S/C31H28N4O4.CH3Cl/c1-18(2)39-27-15-26-23(29-19(3)5-4-6-24(27)29)13-14-35(26)31(38)25-17-34-16-21(9-12-28(34)33-25)32-30(37)20-7-10-22(36)11-8-20;1-2/h4-12,15-18,36H,13-14H2,1-3H3,(H,32,37);1H3. The Bertz CT molecular complexity index is 1760. The van der Waals surface area contributed by atoms with E-state index >= 15 is 0 Å². The number of halogens is 1. The lowest BCUT2D eigenvalue weighted by Crippen LogP contribution is -2.29. The van der Waals surface area contributed by atoms with Gasteiger partial charge in [-0.15, -0.1) is 11.6 Å². The highest BCUT2D eigenvalue weighted by Crippen LogP contribution is 2.42. The van der Waals surface area contributed by atoms with Gasteiger partial charge in [-0.3, -0.25) is 9.59 Å². The third-order valence-electron chi connectivity index (χ3n) is 6.96. The third kappa shape index (κ3) is 5.43. The zero-order chi connectivity index (χ0) is 29.3. The van der Waals surface area contributed by atoms with E-state index in [9.17, 15) is 14.7 Å². The van der Waals surface area contributed by atoms with Gasteiger partial charge in [0, 0.05) is 42.3 Å². The van der Waals surface area contributed by atoms with Gasteiger partial charge in [-0.2, -0.15) is 0 Å². The minimum Gasteiger partial charge on any atom is -0.508 e. The molecule has 41 heavy (non-hydrogen) atoms. The molecule has 0 atom stereocenters. The molecule has 6 rings (SSSR count). The van der Waals surface area contributed by atoms with Crippen molar-refractivity contribution in [3.63, 3.8) is 0 Å². The number of nitrogens with one attached hydrogen (secondary N) is 1. The predicted octanol–water partition coefficient (Wildman–Crippen LogP) is 6.60. The second kappa shape index (κ2) is 11.5. The first-order chi connectivity index (χ1) is 19.8. The average molecular weight is 571 g/mol. The minimum absolute atomic E-state index is 0.000478. The molecule has 0 fully saturated rings. The number of imidazole rings is 1. The fraction of sp³-hybridized carbons (Fsp3) is 0.219. The maximum Gasteiger partial charge on any atom is 0.278 e. The number of alkyl halides is 1. The van der Waals surface area contributed by atoms with Crippen LogP contribution in [0.3, 0.4) is 0 Å².